The molecule has 6 heterocycles. The van der Waals surface area contributed by atoms with Crippen molar-refractivity contribution in [3.63, 3.8) is 0 Å². The quantitative estimate of drug-likeness (QED) is 0.139. The van der Waals surface area contributed by atoms with E-state index in [0.29, 0.717) is 0 Å². The molecular formula is C20H22Cl2N10O7. The highest BCUT2D eigenvalue weighted by Crippen LogP contribution is 2.37. The summed E-state index contributed by atoms with van der Waals surface area (Å²) in [6, 6.07) is 0. The molecule has 8 atom stereocenters. The molecule has 1 unspecified atom stereocenters. The maximum atomic E-state index is 10.8. The second-order valence-electron chi connectivity index (χ2n) is 8.99. The number of aliphatic hydroxyl groups is 4. The maximum absolute atomic E-state index is 10.8. The molecule has 2 aliphatic rings. The summed E-state index contributed by atoms with van der Waals surface area (Å²) in [5.74, 6) is 0.0815. The summed E-state index contributed by atoms with van der Waals surface area (Å²) >= 11 is 11.9. The lowest BCUT2D eigenvalue weighted by Crippen LogP contribution is -2.40. The molecular weight excluding hydrogens is 563 g/mol. The van der Waals surface area contributed by atoms with E-state index in [9.17, 15) is 20.4 Å². The van der Waals surface area contributed by atoms with Crippen molar-refractivity contribution in [3.05, 3.63) is 23.2 Å². The van der Waals surface area contributed by atoms with E-state index in [1.165, 1.54) is 21.8 Å². The van der Waals surface area contributed by atoms with Gasteiger partial charge in [-0.1, -0.05) is 0 Å². The van der Waals surface area contributed by atoms with Crippen LogP contribution in [0.5, 0.6) is 0 Å². The first kappa shape index (κ1) is 26.2. The van der Waals surface area contributed by atoms with Gasteiger partial charge < -0.3 is 46.1 Å². The number of hydrogen-bond donors (Lipinski definition) is 6. The zero-order valence-electron chi connectivity index (χ0n) is 19.7. The lowest BCUT2D eigenvalue weighted by Gasteiger charge is -2.24. The Hall–Kier alpha value is -3.00. The molecule has 0 amide bonds. The van der Waals surface area contributed by atoms with Crippen LogP contribution in [0.3, 0.4) is 0 Å². The number of nitrogen functional groups attached to an aromatic ring is 2. The third-order valence-electron chi connectivity index (χ3n) is 6.67. The standard InChI is InChI=1S/C20H22Cl2N10O7/c21-19-27-13(23)7-15(29-19)31(3-25-7)17-11(36)9(34)6(39-17)2-37-12-10(35)5(1-33)38-18(12)32-4-26-8-14(24)28-20(22)30-16(8)32/h3-6,9-12,17-18,33-36H,1-2H2,(H2,23,27,29)(H2,24,28,30)/t5-,6-,9-,10-,11-,12?,17-,18-/m1/s1. The summed E-state index contributed by atoms with van der Waals surface area (Å²) < 4.78 is 20.5. The van der Waals surface area contributed by atoms with Gasteiger partial charge in [-0.05, 0) is 23.2 Å². The van der Waals surface area contributed by atoms with Crippen molar-refractivity contribution in [2.75, 3.05) is 24.7 Å². The first-order valence-electron chi connectivity index (χ1n) is 11.6. The second kappa shape index (κ2) is 9.88. The minimum Gasteiger partial charge on any atom is -0.394 e. The molecule has 4 aromatic rings. The van der Waals surface area contributed by atoms with Crippen molar-refractivity contribution >= 4 is 57.2 Å². The number of anilines is 2. The molecule has 4 aromatic heterocycles. The van der Waals surface area contributed by atoms with Crippen molar-refractivity contribution in [2.24, 2.45) is 0 Å². The predicted molar refractivity (Wildman–Crippen MR) is 132 cm³/mol. The topological polar surface area (TPSA) is 248 Å². The Bertz CT molecular complexity index is 1540. The number of aliphatic hydroxyl groups excluding tert-OH is 4. The fraction of sp³-hybridized carbons (Fsp3) is 0.500. The van der Waals surface area contributed by atoms with Gasteiger partial charge in [0.05, 0.1) is 25.9 Å². The number of nitrogens with two attached hydrogens (primary N) is 2. The van der Waals surface area contributed by atoms with E-state index < -0.39 is 55.7 Å². The second-order valence-corrected chi connectivity index (χ2v) is 9.66. The van der Waals surface area contributed by atoms with E-state index in [0.717, 1.165) is 0 Å². The summed E-state index contributed by atoms with van der Waals surface area (Å²) in [6.07, 6.45) is -6.67. The first-order valence-corrected chi connectivity index (χ1v) is 12.3. The maximum Gasteiger partial charge on any atom is 0.226 e. The van der Waals surface area contributed by atoms with E-state index in [-0.39, 0.29) is 51.1 Å². The Labute approximate surface area is 227 Å². The van der Waals surface area contributed by atoms with Gasteiger partial charge in [-0.25, -0.2) is 9.97 Å². The third kappa shape index (κ3) is 4.31. The molecule has 6 rings (SSSR count). The van der Waals surface area contributed by atoms with Gasteiger partial charge in [-0.2, -0.15) is 19.9 Å². The smallest absolute Gasteiger partial charge is 0.226 e. The molecule has 0 aromatic carbocycles. The fourth-order valence-corrected chi connectivity index (χ4v) is 5.11. The highest BCUT2D eigenvalue weighted by Gasteiger charge is 2.49. The Kier molecular flexibility index (Phi) is 6.64. The van der Waals surface area contributed by atoms with Gasteiger partial charge in [0, 0.05) is 0 Å². The average molecular weight is 585 g/mol. The number of imidazole rings is 2. The lowest BCUT2D eigenvalue weighted by molar-refractivity contribution is -0.116. The molecule has 8 N–H and O–H groups in total. The van der Waals surface area contributed by atoms with Gasteiger partial charge in [0.25, 0.3) is 0 Å². The lowest BCUT2D eigenvalue weighted by atomic mass is 10.1. The van der Waals surface area contributed by atoms with Crippen LogP contribution in [-0.4, -0.2) is 109 Å². The summed E-state index contributed by atoms with van der Waals surface area (Å²) in [6.45, 7) is -0.796. The zero-order chi connectivity index (χ0) is 27.6. The van der Waals surface area contributed by atoms with Crippen molar-refractivity contribution in [1.82, 2.24) is 39.0 Å². The molecule has 2 fully saturated rings. The number of ether oxygens (including phenoxy) is 3. The van der Waals surface area contributed by atoms with Gasteiger partial charge >= 0.3 is 0 Å². The van der Waals surface area contributed by atoms with Crippen molar-refractivity contribution in [1.29, 1.82) is 0 Å². The van der Waals surface area contributed by atoms with Crippen LogP contribution < -0.4 is 11.5 Å². The summed E-state index contributed by atoms with van der Waals surface area (Å²) in [5.41, 5.74) is 12.6. The third-order valence-corrected chi connectivity index (χ3v) is 7.01. The number of aromatic nitrogens is 8. The average Bonchev–Trinajstić information content (AvgIpc) is 3.64. The number of rotatable bonds is 6. The molecule has 0 aliphatic carbocycles. The van der Waals surface area contributed by atoms with Crippen molar-refractivity contribution in [2.45, 2.75) is 49.1 Å². The highest BCUT2D eigenvalue weighted by atomic mass is 35.5. The number of hydrogen-bond acceptors (Lipinski definition) is 15. The summed E-state index contributed by atoms with van der Waals surface area (Å²) in [7, 11) is 0. The zero-order valence-corrected chi connectivity index (χ0v) is 21.2. The van der Waals surface area contributed by atoms with E-state index in [1.807, 2.05) is 0 Å². The minimum absolute atomic E-state index is 0.0386. The highest BCUT2D eigenvalue weighted by molar-refractivity contribution is 6.29. The molecule has 19 heteroatoms. The van der Waals surface area contributed by atoms with Gasteiger partial charge in [-0.3, -0.25) is 9.13 Å². The molecule has 0 radical (unpaired) electrons. The van der Waals surface area contributed by atoms with E-state index in [4.69, 9.17) is 48.9 Å². The molecule has 208 valence electrons. The van der Waals surface area contributed by atoms with Crippen LogP contribution in [0.4, 0.5) is 11.6 Å². The first-order chi connectivity index (χ1) is 18.7. The van der Waals surface area contributed by atoms with Gasteiger partial charge in [0.1, 0.15) is 47.7 Å². The van der Waals surface area contributed by atoms with E-state index >= 15 is 0 Å². The Balaban J connectivity index is 1.24. The van der Waals surface area contributed by atoms with Gasteiger partial charge in [0.15, 0.2) is 35.4 Å². The molecule has 0 bridgehead atoms. The molecule has 2 saturated heterocycles. The number of halogens is 2. The molecule has 0 saturated carbocycles. The molecule has 17 nitrogen and oxygen atoms in total. The van der Waals surface area contributed by atoms with Crippen LogP contribution in [0.25, 0.3) is 22.3 Å². The van der Waals surface area contributed by atoms with Crippen LogP contribution in [0.1, 0.15) is 12.5 Å². The van der Waals surface area contributed by atoms with Crippen LogP contribution in [0.2, 0.25) is 10.6 Å². The fourth-order valence-electron chi connectivity index (χ4n) is 4.77. The summed E-state index contributed by atoms with van der Waals surface area (Å²) in [5, 5.41) is 41.8. The molecule has 0 spiro atoms. The predicted octanol–water partition coefficient (Wildman–Crippen LogP) is -1.61. The van der Waals surface area contributed by atoms with Crippen LogP contribution in [0, 0.1) is 0 Å². The normalized spacial score (nSPS) is 31.1. The minimum atomic E-state index is -1.41. The van der Waals surface area contributed by atoms with Crippen LogP contribution in [-0.2, 0) is 14.2 Å². The van der Waals surface area contributed by atoms with Crippen LogP contribution in [0.15, 0.2) is 12.7 Å². The SMILES string of the molecule is Nc1nc(Cl)nc2c1ncn2[C@@H]1O[C@H](CO)[C@@H](O)C1OC[C@H]1O[C@@H](n2cnc3c(N)nc(Cl)nc32)[C@H](O)[C@@H]1O. The van der Waals surface area contributed by atoms with Crippen molar-refractivity contribution in [3.8, 4) is 0 Å². The van der Waals surface area contributed by atoms with E-state index in [2.05, 4.69) is 29.9 Å². The van der Waals surface area contributed by atoms with E-state index in [1.54, 1.807) is 0 Å². The largest absolute Gasteiger partial charge is 0.394 e. The number of fused-ring (bicyclic) bond motifs is 2. The van der Waals surface area contributed by atoms with Crippen molar-refractivity contribution < 1.29 is 34.6 Å². The Morgan fingerprint density at radius 2 is 1.33 bits per heavy atom. The molecule has 39 heavy (non-hydrogen) atoms. The van der Waals surface area contributed by atoms with Crippen LogP contribution >= 0.6 is 23.2 Å². The summed E-state index contributed by atoms with van der Waals surface area (Å²) in [4.78, 5) is 24.3. The Morgan fingerprint density at radius 3 is 1.90 bits per heavy atom. The number of nitrogens with zero attached hydrogens (tertiary/aromatic N) is 8. The van der Waals surface area contributed by atoms with Gasteiger partial charge in [-0.15, -0.1) is 0 Å². The van der Waals surface area contributed by atoms with Gasteiger partial charge in [0.2, 0.25) is 10.6 Å². The Morgan fingerprint density at radius 1 is 0.795 bits per heavy atom. The molecule has 2 aliphatic heterocycles. The monoisotopic (exact) mass is 584 g/mol.